The van der Waals surface area contributed by atoms with Gasteiger partial charge in [-0.05, 0) is 30.9 Å². The Kier molecular flexibility index (Phi) is 7.43. The fourth-order valence-electron chi connectivity index (χ4n) is 2.83. The SMILES string of the molecule is Cl.NCC(NC(=O)c1cccc(F)c1Cl)C1CCCCC1. The normalized spacial score (nSPS) is 16.9. The standard InChI is InChI=1S/C15H20ClFN2O.ClH/c16-14-11(7-4-8-12(14)17)15(20)19-13(9-18)10-5-2-1-3-6-10;/h4,7-8,10,13H,1-3,5-6,9,18H2,(H,19,20);1H. The summed E-state index contributed by atoms with van der Waals surface area (Å²) in [4.78, 5) is 12.2. The van der Waals surface area contributed by atoms with Crippen LogP contribution in [-0.2, 0) is 0 Å². The van der Waals surface area contributed by atoms with Gasteiger partial charge in [0.05, 0.1) is 10.6 Å². The lowest BCUT2D eigenvalue weighted by Gasteiger charge is -2.30. The molecular formula is C15H21Cl2FN2O. The summed E-state index contributed by atoms with van der Waals surface area (Å²) in [5, 5.41) is 2.77. The zero-order chi connectivity index (χ0) is 14.5. The molecule has 0 radical (unpaired) electrons. The Morgan fingerprint density at radius 3 is 2.67 bits per heavy atom. The van der Waals surface area contributed by atoms with E-state index in [0.717, 1.165) is 12.8 Å². The molecule has 3 N–H and O–H groups in total. The Morgan fingerprint density at radius 2 is 2.05 bits per heavy atom. The quantitative estimate of drug-likeness (QED) is 0.884. The second kappa shape index (κ2) is 8.57. The van der Waals surface area contributed by atoms with E-state index >= 15 is 0 Å². The van der Waals surface area contributed by atoms with Gasteiger partial charge in [0.1, 0.15) is 5.82 Å². The van der Waals surface area contributed by atoms with Gasteiger partial charge in [-0.15, -0.1) is 12.4 Å². The van der Waals surface area contributed by atoms with Crippen molar-refractivity contribution in [3.63, 3.8) is 0 Å². The van der Waals surface area contributed by atoms with Crippen LogP contribution in [0, 0.1) is 11.7 Å². The molecule has 1 aromatic rings. The summed E-state index contributed by atoms with van der Waals surface area (Å²) in [6.45, 7) is 0.392. The zero-order valence-corrected chi connectivity index (χ0v) is 13.4. The van der Waals surface area contributed by atoms with E-state index in [1.807, 2.05) is 0 Å². The first-order chi connectivity index (χ1) is 9.63. The lowest BCUT2D eigenvalue weighted by Crippen LogP contribution is -2.46. The van der Waals surface area contributed by atoms with Crippen LogP contribution in [0.15, 0.2) is 18.2 Å². The van der Waals surface area contributed by atoms with E-state index in [-0.39, 0.29) is 34.9 Å². The lowest BCUT2D eigenvalue weighted by molar-refractivity contribution is 0.0915. The smallest absolute Gasteiger partial charge is 0.253 e. The highest BCUT2D eigenvalue weighted by molar-refractivity contribution is 6.34. The van der Waals surface area contributed by atoms with Crippen LogP contribution in [0.5, 0.6) is 0 Å². The van der Waals surface area contributed by atoms with Gasteiger partial charge >= 0.3 is 0 Å². The number of hydrogen-bond acceptors (Lipinski definition) is 2. The van der Waals surface area contributed by atoms with Gasteiger partial charge in [-0.2, -0.15) is 0 Å². The maximum atomic E-state index is 13.4. The van der Waals surface area contributed by atoms with Gasteiger partial charge in [0.2, 0.25) is 0 Å². The van der Waals surface area contributed by atoms with Crippen molar-refractivity contribution in [2.75, 3.05) is 6.54 Å². The zero-order valence-electron chi connectivity index (χ0n) is 11.8. The van der Waals surface area contributed by atoms with Crippen molar-refractivity contribution < 1.29 is 9.18 Å². The summed E-state index contributed by atoms with van der Waals surface area (Å²) in [5.41, 5.74) is 5.94. The minimum absolute atomic E-state index is 0. The summed E-state index contributed by atoms with van der Waals surface area (Å²) in [5.74, 6) is -0.526. The first-order valence-corrected chi connectivity index (χ1v) is 7.46. The minimum Gasteiger partial charge on any atom is -0.348 e. The van der Waals surface area contributed by atoms with Gasteiger partial charge in [0, 0.05) is 12.6 Å². The van der Waals surface area contributed by atoms with E-state index in [4.69, 9.17) is 17.3 Å². The highest BCUT2D eigenvalue weighted by Gasteiger charge is 2.25. The summed E-state index contributed by atoms with van der Waals surface area (Å²) >= 11 is 5.83. The molecule has 118 valence electrons. The Balaban J connectivity index is 0.00000220. The number of benzene rings is 1. The van der Waals surface area contributed by atoms with Gasteiger partial charge in [-0.1, -0.05) is 36.9 Å². The summed E-state index contributed by atoms with van der Waals surface area (Å²) < 4.78 is 13.4. The monoisotopic (exact) mass is 334 g/mol. The summed E-state index contributed by atoms with van der Waals surface area (Å²) in [6, 6.07) is 4.17. The lowest BCUT2D eigenvalue weighted by atomic mass is 9.84. The Bertz CT molecular complexity index is 479. The molecule has 0 bridgehead atoms. The Morgan fingerprint density at radius 1 is 1.38 bits per heavy atom. The van der Waals surface area contributed by atoms with Gasteiger partial charge < -0.3 is 11.1 Å². The van der Waals surface area contributed by atoms with Crippen molar-refractivity contribution in [3.8, 4) is 0 Å². The molecule has 2 rings (SSSR count). The molecule has 0 aliphatic heterocycles. The molecule has 0 heterocycles. The van der Waals surface area contributed by atoms with Crippen LogP contribution >= 0.6 is 24.0 Å². The fourth-order valence-corrected chi connectivity index (χ4v) is 3.04. The number of rotatable bonds is 4. The molecule has 0 saturated heterocycles. The average molecular weight is 335 g/mol. The predicted octanol–water partition coefficient (Wildman–Crippen LogP) is 3.54. The molecule has 21 heavy (non-hydrogen) atoms. The molecule has 1 aliphatic carbocycles. The average Bonchev–Trinajstić information content (AvgIpc) is 2.48. The second-order valence-electron chi connectivity index (χ2n) is 5.32. The predicted molar refractivity (Wildman–Crippen MR) is 85.5 cm³/mol. The van der Waals surface area contributed by atoms with Gasteiger partial charge in [-0.25, -0.2) is 4.39 Å². The number of nitrogens with one attached hydrogen (secondary N) is 1. The van der Waals surface area contributed by atoms with Crippen molar-refractivity contribution >= 4 is 29.9 Å². The highest BCUT2D eigenvalue weighted by Crippen LogP contribution is 2.27. The number of carbonyl (C=O) groups excluding carboxylic acids is 1. The molecule has 3 nitrogen and oxygen atoms in total. The maximum absolute atomic E-state index is 13.4. The van der Waals surface area contributed by atoms with Crippen molar-refractivity contribution in [3.05, 3.63) is 34.6 Å². The molecule has 1 amide bonds. The van der Waals surface area contributed by atoms with Crippen molar-refractivity contribution in [2.24, 2.45) is 11.7 Å². The van der Waals surface area contributed by atoms with Crippen LogP contribution in [0.25, 0.3) is 0 Å². The number of amides is 1. The number of halogens is 3. The van der Waals surface area contributed by atoms with Crippen LogP contribution in [-0.4, -0.2) is 18.5 Å². The van der Waals surface area contributed by atoms with E-state index in [1.54, 1.807) is 0 Å². The van der Waals surface area contributed by atoms with Crippen LogP contribution in [0.4, 0.5) is 4.39 Å². The van der Waals surface area contributed by atoms with E-state index in [2.05, 4.69) is 5.32 Å². The second-order valence-corrected chi connectivity index (χ2v) is 5.69. The number of nitrogens with two attached hydrogens (primary N) is 1. The van der Waals surface area contributed by atoms with E-state index < -0.39 is 5.82 Å². The Labute approximate surface area is 135 Å². The third-order valence-electron chi connectivity index (χ3n) is 3.99. The number of carbonyl (C=O) groups is 1. The van der Waals surface area contributed by atoms with E-state index in [0.29, 0.717) is 12.5 Å². The third-order valence-corrected chi connectivity index (χ3v) is 4.37. The molecule has 1 saturated carbocycles. The van der Waals surface area contributed by atoms with Crippen LogP contribution in [0.2, 0.25) is 5.02 Å². The van der Waals surface area contributed by atoms with Crippen LogP contribution in [0.1, 0.15) is 42.5 Å². The molecule has 1 aromatic carbocycles. The largest absolute Gasteiger partial charge is 0.348 e. The van der Waals surface area contributed by atoms with Gasteiger partial charge in [-0.3, -0.25) is 4.79 Å². The molecular weight excluding hydrogens is 314 g/mol. The molecule has 0 spiro atoms. The summed E-state index contributed by atoms with van der Waals surface area (Å²) in [7, 11) is 0. The first-order valence-electron chi connectivity index (χ1n) is 7.08. The van der Waals surface area contributed by atoms with Crippen molar-refractivity contribution in [2.45, 2.75) is 38.1 Å². The molecule has 1 unspecified atom stereocenters. The summed E-state index contributed by atoms with van der Waals surface area (Å²) in [6.07, 6.45) is 5.77. The molecule has 6 heteroatoms. The Hall–Kier alpha value is -0.840. The first kappa shape index (κ1) is 18.2. The van der Waals surface area contributed by atoms with Crippen LogP contribution < -0.4 is 11.1 Å². The van der Waals surface area contributed by atoms with E-state index in [9.17, 15) is 9.18 Å². The number of hydrogen-bond donors (Lipinski definition) is 2. The molecule has 0 aromatic heterocycles. The highest BCUT2D eigenvalue weighted by atomic mass is 35.5. The van der Waals surface area contributed by atoms with Crippen molar-refractivity contribution in [1.29, 1.82) is 0 Å². The van der Waals surface area contributed by atoms with Crippen LogP contribution in [0.3, 0.4) is 0 Å². The van der Waals surface area contributed by atoms with Gasteiger partial charge in [0.15, 0.2) is 0 Å². The fraction of sp³-hybridized carbons (Fsp3) is 0.533. The van der Waals surface area contributed by atoms with E-state index in [1.165, 1.54) is 37.5 Å². The molecule has 1 aliphatic rings. The third kappa shape index (κ3) is 4.56. The topological polar surface area (TPSA) is 55.1 Å². The van der Waals surface area contributed by atoms with Crippen molar-refractivity contribution in [1.82, 2.24) is 5.32 Å². The molecule has 1 atom stereocenters. The van der Waals surface area contributed by atoms with Gasteiger partial charge in [0.25, 0.3) is 5.91 Å². The maximum Gasteiger partial charge on any atom is 0.253 e. The molecule has 1 fully saturated rings. The minimum atomic E-state index is -0.582.